The Bertz CT molecular complexity index is 661. The zero-order chi connectivity index (χ0) is 12.4. The predicted octanol–water partition coefficient (Wildman–Crippen LogP) is 2.94. The van der Waals surface area contributed by atoms with Crippen LogP contribution in [0.2, 0.25) is 0 Å². The summed E-state index contributed by atoms with van der Waals surface area (Å²) in [5.41, 5.74) is 1.51. The van der Waals surface area contributed by atoms with Gasteiger partial charge in [0.05, 0.1) is 22.1 Å². The van der Waals surface area contributed by atoms with Crippen LogP contribution in [0.3, 0.4) is 0 Å². The average Bonchev–Trinajstić information content (AvgIpc) is 2.84. The number of benzene rings is 1. The molecule has 1 amide bonds. The smallest absolute Gasteiger partial charge is 0.284 e. The molecule has 3 aromatic rings. The molecule has 0 saturated carbocycles. The highest BCUT2D eigenvalue weighted by atomic mass is 32.1. The van der Waals surface area contributed by atoms with E-state index < -0.39 is 0 Å². The zero-order valence-corrected chi connectivity index (χ0v) is 10.1. The van der Waals surface area contributed by atoms with Crippen molar-refractivity contribution in [1.29, 1.82) is 0 Å². The molecule has 3 rings (SSSR count). The van der Waals surface area contributed by atoms with E-state index in [2.05, 4.69) is 15.3 Å². The summed E-state index contributed by atoms with van der Waals surface area (Å²) in [5.74, 6) is -0.204. The number of nitrogens with one attached hydrogen (secondary N) is 1. The molecular weight excluding hydrogens is 246 g/mol. The van der Waals surface area contributed by atoms with Crippen molar-refractivity contribution in [3.63, 3.8) is 0 Å². The van der Waals surface area contributed by atoms with E-state index in [0.717, 1.165) is 10.2 Å². The van der Waals surface area contributed by atoms with E-state index in [1.54, 1.807) is 24.5 Å². The lowest BCUT2D eigenvalue weighted by Gasteiger charge is -2.00. The molecule has 5 heteroatoms. The number of carbonyl (C=O) groups excluding carboxylic acids is 1. The average molecular weight is 255 g/mol. The fourth-order valence-electron chi connectivity index (χ4n) is 1.59. The van der Waals surface area contributed by atoms with E-state index in [4.69, 9.17) is 0 Å². The van der Waals surface area contributed by atoms with Crippen molar-refractivity contribution in [3.8, 4) is 0 Å². The fourth-order valence-corrected chi connectivity index (χ4v) is 2.45. The number of para-hydroxylation sites is 1. The first kappa shape index (κ1) is 10.9. The third-order valence-electron chi connectivity index (χ3n) is 2.41. The molecule has 0 radical (unpaired) electrons. The molecule has 4 nitrogen and oxygen atoms in total. The van der Waals surface area contributed by atoms with Crippen molar-refractivity contribution in [1.82, 2.24) is 9.97 Å². The Morgan fingerprint density at radius 3 is 2.83 bits per heavy atom. The first-order valence-electron chi connectivity index (χ1n) is 5.40. The highest BCUT2D eigenvalue weighted by Crippen LogP contribution is 2.22. The van der Waals surface area contributed by atoms with E-state index in [9.17, 15) is 4.79 Å². The minimum Gasteiger partial charge on any atom is -0.319 e. The van der Waals surface area contributed by atoms with Gasteiger partial charge in [-0.2, -0.15) is 0 Å². The summed E-state index contributed by atoms with van der Waals surface area (Å²) < 4.78 is 1.01. The lowest BCUT2D eigenvalue weighted by Crippen LogP contribution is -2.11. The van der Waals surface area contributed by atoms with Crippen molar-refractivity contribution >= 4 is 33.1 Å². The van der Waals surface area contributed by atoms with Gasteiger partial charge in [-0.1, -0.05) is 12.1 Å². The van der Waals surface area contributed by atoms with Crippen LogP contribution in [0.1, 0.15) is 9.80 Å². The van der Waals surface area contributed by atoms with E-state index in [-0.39, 0.29) is 5.91 Å². The van der Waals surface area contributed by atoms with E-state index >= 15 is 0 Å². The number of hydrogen-bond donors (Lipinski definition) is 1. The first-order chi connectivity index (χ1) is 8.83. The van der Waals surface area contributed by atoms with Crippen molar-refractivity contribution in [2.45, 2.75) is 0 Å². The maximum Gasteiger partial charge on any atom is 0.284 e. The molecule has 18 heavy (non-hydrogen) atoms. The summed E-state index contributed by atoms with van der Waals surface area (Å²) in [6.45, 7) is 0. The number of thiazole rings is 1. The Labute approximate surface area is 107 Å². The Kier molecular flexibility index (Phi) is 2.74. The molecule has 0 aliphatic carbocycles. The maximum atomic E-state index is 12.0. The number of aromatic nitrogens is 2. The quantitative estimate of drug-likeness (QED) is 0.766. The van der Waals surface area contributed by atoms with Gasteiger partial charge in [0.15, 0.2) is 5.01 Å². The highest BCUT2D eigenvalue weighted by molar-refractivity contribution is 7.20. The first-order valence-corrected chi connectivity index (χ1v) is 6.21. The molecule has 0 fully saturated rings. The molecule has 0 saturated heterocycles. The lowest BCUT2D eigenvalue weighted by molar-refractivity contribution is 0.102. The van der Waals surface area contributed by atoms with Gasteiger partial charge >= 0.3 is 0 Å². The molecular formula is C13H9N3OS. The van der Waals surface area contributed by atoms with Crippen LogP contribution in [0.15, 0.2) is 48.8 Å². The highest BCUT2D eigenvalue weighted by Gasteiger charge is 2.11. The number of carbonyl (C=O) groups is 1. The van der Waals surface area contributed by atoms with Gasteiger partial charge in [-0.3, -0.25) is 9.78 Å². The summed E-state index contributed by atoms with van der Waals surface area (Å²) in [5, 5.41) is 3.22. The van der Waals surface area contributed by atoms with Crippen LogP contribution < -0.4 is 5.32 Å². The SMILES string of the molecule is O=C(Nc1cccnc1)c1nc2ccccc2s1. The molecule has 2 aromatic heterocycles. The minimum atomic E-state index is -0.204. The Morgan fingerprint density at radius 1 is 1.17 bits per heavy atom. The number of nitrogens with zero attached hydrogens (tertiary/aromatic N) is 2. The summed E-state index contributed by atoms with van der Waals surface area (Å²) >= 11 is 1.38. The minimum absolute atomic E-state index is 0.204. The molecule has 0 aliphatic rings. The van der Waals surface area contributed by atoms with Gasteiger partial charge in [0.1, 0.15) is 0 Å². The summed E-state index contributed by atoms with van der Waals surface area (Å²) in [6.07, 6.45) is 3.26. The maximum absolute atomic E-state index is 12.0. The number of fused-ring (bicyclic) bond motifs is 1. The molecule has 88 valence electrons. The molecule has 0 spiro atoms. The largest absolute Gasteiger partial charge is 0.319 e. The van der Waals surface area contributed by atoms with Gasteiger partial charge < -0.3 is 5.32 Å². The second kappa shape index (κ2) is 4.54. The van der Waals surface area contributed by atoms with Gasteiger partial charge in [0, 0.05) is 6.20 Å². The Morgan fingerprint density at radius 2 is 2.06 bits per heavy atom. The van der Waals surface area contributed by atoms with Crippen LogP contribution in [-0.4, -0.2) is 15.9 Å². The molecule has 0 atom stereocenters. The number of pyridine rings is 1. The monoisotopic (exact) mass is 255 g/mol. The summed E-state index contributed by atoms with van der Waals surface area (Å²) in [4.78, 5) is 20.2. The van der Waals surface area contributed by atoms with Crippen LogP contribution in [0.25, 0.3) is 10.2 Å². The Balaban J connectivity index is 1.88. The fraction of sp³-hybridized carbons (Fsp3) is 0. The molecule has 0 bridgehead atoms. The molecule has 2 heterocycles. The van der Waals surface area contributed by atoms with Crippen molar-refractivity contribution in [3.05, 3.63) is 53.8 Å². The summed E-state index contributed by atoms with van der Waals surface area (Å²) in [6, 6.07) is 11.3. The van der Waals surface area contributed by atoms with Gasteiger partial charge in [-0.15, -0.1) is 11.3 Å². The van der Waals surface area contributed by atoms with Gasteiger partial charge in [-0.25, -0.2) is 4.98 Å². The van der Waals surface area contributed by atoms with Crippen LogP contribution >= 0.6 is 11.3 Å². The van der Waals surface area contributed by atoms with Crippen LogP contribution in [-0.2, 0) is 0 Å². The van der Waals surface area contributed by atoms with Gasteiger partial charge in [-0.05, 0) is 24.3 Å². The van der Waals surface area contributed by atoms with E-state index in [0.29, 0.717) is 10.7 Å². The van der Waals surface area contributed by atoms with Crippen LogP contribution in [0.5, 0.6) is 0 Å². The van der Waals surface area contributed by atoms with Gasteiger partial charge in [0.2, 0.25) is 0 Å². The molecule has 0 aliphatic heterocycles. The topological polar surface area (TPSA) is 54.9 Å². The molecule has 1 N–H and O–H groups in total. The van der Waals surface area contributed by atoms with Gasteiger partial charge in [0.25, 0.3) is 5.91 Å². The van der Waals surface area contributed by atoms with Crippen LogP contribution in [0, 0.1) is 0 Å². The number of hydrogen-bond acceptors (Lipinski definition) is 4. The number of anilines is 1. The Hall–Kier alpha value is -2.27. The van der Waals surface area contributed by atoms with Crippen molar-refractivity contribution in [2.24, 2.45) is 0 Å². The lowest BCUT2D eigenvalue weighted by atomic mass is 10.3. The second-order valence-electron chi connectivity index (χ2n) is 3.68. The standard InChI is InChI=1S/C13H9N3OS/c17-12(15-9-4-3-7-14-8-9)13-16-10-5-1-2-6-11(10)18-13/h1-8H,(H,15,17). The normalized spacial score (nSPS) is 10.4. The summed E-state index contributed by atoms with van der Waals surface area (Å²) in [7, 11) is 0. The van der Waals surface area contributed by atoms with Crippen LogP contribution in [0.4, 0.5) is 5.69 Å². The van der Waals surface area contributed by atoms with Crippen molar-refractivity contribution < 1.29 is 4.79 Å². The van der Waals surface area contributed by atoms with Crippen molar-refractivity contribution in [2.75, 3.05) is 5.32 Å². The van der Waals surface area contributed by atoms with E-state index in [1.807, 2.05) is 24.3 Å². The van der Waals surface area contributed by atoms with E-state index in [1.165, 1.54) is 11.3 Å². The number of rotatable bonds is 2. The molecule has 0 unspecified atom stereocenters. The number of amides is 1. The predicted molar refractivity (Wildman–Crippen MR) is 71.8 cm³/mol. The third kappa shape index (κ3) is 2.08. The third-order valence-corrected chi connectivity index (χ3v) is 3.44. The second-order valence-corrected chi connectivity index (χ2v) is 4.71. The zero-order valence-electron chi connectivity index (χ0n) is 9.33. The molecule has 1 aromatic carbocycles.